The second-order valence-corrected chi connectivity index (χ2v) is 3.68. The van der Waals surface area contributed by atoms with Gasteiger partial charge in [-0.3, -0.25) is 0 Å². The van der Waals surface area contributed by atoms with Crippen LogP contribution >= 0.6 is 12.2 Å². The molecule has 13 heavy (non-hydrogen) atoms. The first-order chi connectivity index (χ1) is 6.29. The molecule has 1 aromatic heterocycles. The van der Waals surface area contributed by atoms with Crippen molar-refractivity contribution in [1.29, 1.82) is 0 Å². The Morgan fingerprint density at radius 1 is 1.38 bits per heavy atom. The highest BCUT2D eigenvalue weighted by atomic mass is 32.1. The molecule has 0 radical (unpaired) electrons. The monoisotopic (exact) mass is 198 g/mol. The number of nitrogens with one attached hydrogen (secondary N) is 1. The number of aromatic nitrogens is 2. The second kappa shape index (κ2) is 5.22. The van der Waals surface area contributed by atoms with Crippen LogP contribution in [0.5, 0.6) is 0 Å². The van der Waals surface area contributed by atoms with Crippen molar-refractivity contribution in [2.75, 3.05) is 0 Å². The minimum absolute atomic E-state index is 0.868. The zero-order valence-corrected chi connectivity index (χ0v) is 9.28. The molecule has 1 heterocycles. The van der Waals surface area contributed by atoms with Crippen molar-refractivity contribution in [3.05, 3.63) is 16.7 Å². The molecule has 3 heteroatoms. The van der Waals surface area contributed by atoms with Crippen molar-refractivity contribution >= 4 is 12.2 Å². The summed E-state index contributed by atoms with van der Waals surface area (Å²) < 4.78 is 3.08. The van der Waals surface area contributed by atoms with Gasteiger partial charge in [0.15, 0.2) is 4.77 Å². The number of imidazole rings is 1. The Morgan fingerprint density at radius 2 is 2.15 bits per heavy atom. The van der Waals surface area contributed by atoms with Gasteiger partial charge in [0.1, 0.15) is 0 Å². The Labute approximate surface area is 85.0 Å². The lowest BCUT2D eigenvalue weighted by atomic mass is 10.2. The Hall–Kier alpha value is -0.570. The van der Waals surface area contributed by atoms with Crippen molar-refractivity contribution in [1.82, 2.24) is 9.55 Å². The summed E-state index contributed by atoms with van der Waals surface area (Å²) in [5.41, 5.74) is 1.32. The van der Waals surface area contributed by atoms with Gasteiger partial charge in [-0.05, 0) is 25.1 Å². The van der Waals surface area contributed by atoms with E-state index in [2.05, 4.69) is 23.4 Å². The highest BCUT2D eigenvalue weighted by molar-refractivity contribution is 7.71. The molecular formula is C10H18N2S. The molecule has 0 unspecified atom stereocenters. The van der Waals surface area contributed by atoms with Crippen LogP contribution in [-0.4, -0.2) is 9.55 Å². The van der Waals surface area contributed by atoms with Crippen LogP contribution in [0.25, 0.3) is 0 Å². The normalized spacial score (nSPS) is 10.6. The summed E-state index contributed by atoms with van der Waals surface area (Å²) in [6, 6.07) is 0. The van der Waals surface area contributed by atoms with Gasteiger partial charge in [-0.25, -0.2) is 0 Å². The summed E-state index contributed by atoms with van der Waals surface area (Å²) in [5, 5.41) is 0. The van der Waals surface area contributed by atoms with Gasteiger partial charge in [0.2, 0.25) is 0 Å². The molecule has 0 aliphatic heterocycles. The molecule has 0 aliphatic carbocycles. The van der Waals surface area contributed by atoms with Crippen LogP contribution in [0.15, 0.2) is 6.20 Å². The highest BCUT2D eigenvalue weighted by Gasteiger charge is 2.00. The van der Waals surface area contributed by atoms with E-state index in [4.69, 9.17) is 12.2 Å². The largest absolute Gasteiger partial charge is 0.337 e. The summed E-state index contributed by atoms with van der Waals surface area (Å²) in [7, 11) is 0. The van der Waals surface area contributed by atoms with E-state index in [9.17, 15) is 0 Å². The predicted octanol–water partition coefficient (Wildman–Crippen LogP) is 3.30. The highest BCUT2D eigenvalue weighted by Crippen LogP contribution is 2.05. The first-order valence-corrected chi connectivity index (χ1v) is 5.47. The lowest BCUT2D eigenvalue weighted by Gasteiger charge is -2.05. The van der Waals surface area contributed by atoms with Crippen LogP contribution in [0.3, 0.4) is 0 Å². The van der Waals surface area contributed by atoms with E-state index in [-0.39, 0.29) is 0 Å². The SMILES string of the molecule is CCCCCn1c(CC)c[nH]c1=S. The first kappa shape index (κ1) is 10.5. The van der Waals surface area contributed by atoms with E-state index in [1.807, 2.05) is 6.20 Å². The molecule has 1 aromatic rings. The van der Waals surface area contributed by atoms with Crippen molar-refractivity contribution < 1.29 is 0 Å². The van der Waals surface area contributed by atoms with Crippen LogP contribution < -0.4 is 0 Å². The summed E-state index contributed by atoms with van der Waals surface area (Å²) >= 11 is 5.20. The number of H-pyrrole nitrogens is 1. The van der Waals surface area contributed by atoms with Crippen LogP contribution in [0.4, 0.5) is 0 Å². The quantitative estimate of drug-likeness (QED) is 0.568. The average molecular weight is 198 g/mol. The van der Waals surface area contributed by atoms with E-state index in [0.717, 1.165) is 17.7 Å². The molecule has 0 bridgehead atoms. The third kappa shape index (κ3) is 2.69. The Bertz CT molecular complexity index is 298. The Kier molecular flexibility index (Phi) is 4.22. The van der Waals surface area contributed by atoms with Gasteiger partial charge in [0.25, 0.3) is 0 Å². The van der Waals surface area contributed by atoms with Crippen molar-refractivity contribution in [3.8, 4) is 0 Å². The summed E-state index contributed by atoms with van der Waals surface area (Å²) in [6.07, 6.45) is 6.86. The minimum atomic E-state index is 0.868. The van der Waals surface area contributed by atoms with E-state index < -0.39 is 0 Å². The van der Waals surface area contributed by atoms with Crippen LogP contribution in [0.1, 0.15) is 38.8 Å². The molecule has 0 fully saturated rings. The van der Waals surface area contributed by atoms with Crippen LogP contribution in [-0.2, 0) is 13.0 Å². The third-order valence-corrected chi connectivity index (χ3v) is 2.64. The number of hydrogen-bond acceptors (Lipinski definition) is 1. The average Bonchev–Trinajstić information content (AvgIpc) is 2.48. The summed E-state index contributed by atoms with van der Waals surface area (Å²) in [4.78, 5) is 3.09. The number of rotatable bonds is 5. The third-order valence-electron chi connectivity index (χ3n) is 2.30. The minimum Gasteiger partial charge on any atom is -0.337 e. The first-order valence-electron chi connectivity index (χ1n) is 5.06. The smallest absolute Gasteiger partial charge is 0.177 e. The van der Waals surface area contributed by atoms with Gasteiger partial charge >= 0.3 is 0 Å². The number of nitrogens with zero attached hydrogens (tertiary/aromatic N) is 1. The number of aromatic amines is 1. The number of hydrogen-bond donors (Lipinski definition) is 1. The van der Waals surface area contributed by atoms with Crippen molar-refractivity contribution in [3.63, 3.8) is 0 Å². The molecule has 1 N–H and O–H groups in total. The topological polar surface area (TPSA) is 20.7 Å². The summed E-state index contributed by atoms with van der Waals surface area (Å²) in [5.74, 6) is 0. The van der Waals surface area contributed by atoms with Gasteiger partial charge in [-0.1, -0.05) is 26.7 Å². The molecule has 0 saturated carbocycles. The number of unbranched alkanes of at least 4 members (excludes halogenated alkanes) is 2. The van der Waals surface area contributed by atoms with Crippen LogP contribution in [0, 0.1) is 4.77 Å². The molecule has 0 atom stereocenters. The Morgan fingerprint density at radius 3 is 2.77 bits per heavy atom. The van der Waals surface area contributed by atoms with E-state index in [0.29, 0.717) is 0 Å². The fourth-order valence-electron chi connectivity index (χ4n) is 1.49. The van der Waals surface area contributed by atoms with Crippen molar-refractivity contribution in [2.45, 2.75) is 46.1 Å². The second-order valence-electron chi connectivity index (χ2n) is 3.30. The molecule has 0 spiro atoms. The van der Waals surface area contributed by atoms with Crippen LogP contribution in [0.2, 0.25) is 0 Å². The fraction of sp³-hybridized carbons (Fsp3) is 0.700. The van der Waals surface area contributed by atoms with Gasteiger partial charge in [0, 0.05) is 18.4 Å². The molecule has 0 amide bonds. The lowest BCUT2D eigenvalue weighted by Crippen LogP contribution is -2.02. The molecular weight excluding hydrogens is 180 g/mol. The van der Waals surface area contributed by atoms with Gasteiger partial charge in [0.05, 0.1) is 0 Å². The molecule has 0 aliphatic rings. The van der Waals surface area contributed by atoms with Gasteiger partial charge in [-0.15, -0.1) is 0 Å². The fourth-order valence-corrected chi connectivity index (χ4v) is 1.76. The maximum absolute atomic E-state index is 5.20. The predicted molar refractivity (Wildman–Crippen MR) is 58.5 cm³/mol. The maximum atomic E-state index is 5.20. The molecule has 0 aromatic carbocycles. The zero-order chi connectivity index (χ0) is 9.68. The standard InChI is InChI=1S/C10H18N2S/c1-3-5-6-7-12-9(4-2)8-11-10(12)13/h8H,3-7H2,1-2H3,(H,11,13). The lowest BCUT2D eigenvalue weighted by molar-refractivity contribution is 0.581. The van der Waals surface area contributed by atoms with E-state index >= 15 is 0 Å². The molecule has 1 rings (SSSR count). The van der Waals surface area contributed by atoms with E-state index in [1.165, 1.54) is 25.0 Å². The van der Waals surface area contributed by atoms with E-state index in [1.54, 1.807) is 0 Å². The Balaban J connectivity index is 2.63. The summed E-state index contributed by atoms with van der Waals surface area (Å²) in [6.45, 7) is 5.45. The number of aryl methyl sites for hydroxylation is 1. The molecule has 2 nitrogen and oxygen atoms in total. The van der Waals surface area contributed by atoms with Gasteiger partial charge < -0.3 is 9.55 Å². The van der Waals surface area contributed by atoms with Gasteiger partial charge in [-0.2, -0.15) is 0 Å². The zero-order valence-electron chi connectivity index (χ0n) is 8.47. The molecule has 74 valence electrons. The molecule has 0 saturated heterocycles. The maximum Gasteiger partial charge on any atom is 0.177 e. The van der Waals surface area contributed by atoms with Crippen molar-refractivity contribution in [2.24, 2.45) is 0 Å².